The summed E-state index contributed by atoms with van der Waals surface area (Å²) in [6.07, 6.45) is 3.63. The van der Waals surface area contributed by atoms with E-state index in [4.69, 9.17) is 47.0 Å². The monoisotopic (exact) mass is 1400 g/mol. The summed E-state index contributed by atoms with van der Waals surface area (Å²) >= 11 is 4.94. The number of aliphatic hydroxyl groups excluding tert-OH is 2. The number of piperidine rings is 2. The van der Waals surface area contributed by atoms with Crippen molar-refractivity contribution in [1.29, 1.82) is 5.26 Å². The number of hydrogen-bond donors (Lipinski definition) is 9. The molecule has 92 heavy (non-hydrogen) atoms. The Morgan fingerprint density at radius 2 is 1.07 bits per heavy atom. The van der Waals surface area contributed by atoms with E-state index in [0.717, 1.165) is 31.5 Å². The Labute approximate surface area is 555 Å². The van der Waals surface area contributed by atoms with Crippen molar-refractivity contribution >= 4 is 69.8 Å². The Balaban J connectivity index is 0. The minimum atomic E-state index is -3.75. The zero-order valence-corrected chi connectivity index (χ0v) is 57.8. The molecule has 0 unspecified atom stereocenters. The van der Waals surface area contributed by atoms with Gasteiger partial charge in [-0.2, -0.15) is 53.3 Å². The maximum absolute atomic E-state index is 12.9. The van der Waals surface area contributed by atoms with Crippen LogP contribution in [0.5, 0.6) is 11.5 Å². The fraction of sp³-hybridized carbons (Fsp3) is 0.533. The number of nitrogens with zero attached hydrogens (tertiary/aromatic N) is 3. The smallest absolute Gasteiger partial charge is 0.424 e. The van der Waals surface area contributed by atoms with Gasteiger partial charge in [-0.1, -0.05) is 105 Å². The second-order valence-corrected chi connectivity index (χ2v) is 25.7. The highest BCUT2D eigenvalue weighted by Crippen LogP contribution is 2.36. The summed E-state index contributed by atoms with van der Waals surface area (Å²) in [5.74, 6) is 1.17. The van der Waals surface area contributed by atoms with Crippen LogP contribution in [0.4, 0.5) is 4.79 Å². The first kappa shape index (κ1) is 86.2. The van der Waals surface area contributed by atoms with E-state index >= 15 is 0 Å². The van der Waals surface area contributed by atoms with Crippen LogP contribution in [0, 0.1) is 11.3 Å². The number of carbonyl (C=O) groups is 3. The first-order chi connectivity index (χ1) is 44.0. The van der Waals surface area contributed by atoms with Crippen molar-refractivity contribution < 1.29 is 79.7 Å². The quantitative estimate of drug-likeness (QED) is 0.0189. The van der Waals surface area contributed by atoms with Gasteiger partial charge in [-0.3, -0.25) is 9.59 Å². The summed E-state index contributed by atoms with van der Waals surface area (Å²) in [5.41, 5.74) is 8.08. The van der Waals surface area contributed by atoms with E-state index in [0.29, 0.717) is 91.6 Å². The first-order valence-corrected chi connectivity index (χ1v) is 35.0. The molecule has 3 aliphatic rings. The molecule has 10 N–H and O–H groups in total. The maximum Gasteiger partial charge on any atom is 0.424 e. The number of nitriles is 1. The molecule has 0 aromatic heterocycles. The van der Waals surface area contributed by atoms with Gasteiger partial charge in [0.15, 0.2) is 0 Å². The van der Waals surface area contributed by atoms with Gasteiger partial charge in [0.25, 0.3) is 31.3 Å². The lowest BCUT2D eigenvalue weighted by atomic mass is 9.73. The van der Waals surface area contributed by atoms with Crippen molar-refractivity contribution in [3.63, 3.8) is 0 Å². The van der Waals surface area contributed by atoms with Crippen LogP contribution in [0.25, 0.3) is 0 Å². The van der Waals surface area contributed by atoms with Gasteiger partial charge in [-0.15, -0.1) is 11.6 Å². The molecule has 32 heteroatoms. The number of hydrogen-bond acceptors (Lipinski definition) is 20. The van der Waals surface area contributed by atoms with Gasteiger partial charge in [-0.05, 0) is 74.2 Å². The Bertz CT molecular complexity index is 3030. The SMILES string of the molecule is CC#N.CCC.COCCN.COCCNS(=O)(=O)N1CCC(CNC(=O)c2ccccc2OC)(c2ccccc2)CC1.COCCNS(=O)(=O)N1CCOC1=O.COc1ccccc1C(=O)NCC1(c2ccccc2)CCNCC1.O=S(=O)(Cl)NCO.OCCCl.[2HH]. The summed E-state index contributed by atoms with van der Waals surface area (Å²) in [4.78, 5) is 36.4. The number of halogens is 2. The molecule has 3 saturated heterocycles. The number of cyclic esters (lactones) is 1. The molecule has 4 aromatic carbocycles. The van der Waals surface area contributed by atoms with E-state index in [1.54, 1.807) is 49.3 Å². The number of alkyl halides is 1. The number of ether oxygens (including phenoxy) is 6. The summed E-state index contributed by atoms with van der Waals surface area (Å²) < 4.78 is 105. The number of methoxy groups -OCH3 is 5. The number of nitrogens with two attached hydrogens (primary N) is 1. The fourth-order valence-electron chi connectivity index (χ4n) is 8.64. The average molecular weight is 1400 g/mol. The van der Waals surface area contributed by atoms with Gasteiger partial charge in [0, 0.05) is 103 Å². The van der Waals surface area contributed by atoms with E-state index in [1.165, 1.54) is 44.5 Å². The third-order valence-electron chi connectivity index (χ3n) is 13.1. The molecule has 3 heterocycles. The molecule has 0 atom stereocenters. The summed E-state index contributed by atoms with van der Waals surface area (Å²) in [6.45, 7) is 11.2. The van der Waals surface area contributed by atoms with Crippen LogP contribution in [-0.4, -0.2) is 209 Å². The fourth-order valence-corrected chi connectivity index (χ4v) is 11.2. The van der Waals surface area contributed by atoms with Gasteiger partial charge in [0.05, 0.1) is 64.4 Å². The predicted octanol–water partition coefficient (Wildman–Crippen LogP) is 4.62. The molecule has 4 aromatic rings. The molecule has 27 nitrogen and oxygen atoms in total. The van der Waals surface area contributed by atoms with Crippen LogP contribution in [0.3, 0.4) is 0 Å². The van der Waals surface area contributed by atoms with Crippen LogP contribution in [-0.2, 0) is 59.4 Å². The van der Waals surface area contributed by atoms with E-state index in [2.05, 4.69) is 88.4 Å². The number of aliphatic hydroxyl groups is 2. The highest BCUT2D eigenvalue weighted by molar-refractivity contribution is 8.12. The van der Waals surface area contributed by atoms with Crippen molar-refractivity contribution in [2.45, 2.75) is 63.7 Å². The summed E-state index contributed by atoms with van der Waals surface area (Å²) in [5, 5.41) is 32.5. The topological polar surface area (TPSA) is 378 Å². The zero-order chi connectivity index (χ0) is 69.3. The first-order valence-electron chi connectivity index (χ1n) is 29.2. The van der Waals surface area contributed by atoms with Crippen molar-refractivity contribution in [3.8, 4) is 17.6 Å². The van der Waals surface area contributed by atoms with Crippen molar-refractivity contribution in [3.05, 3.63) is 131 Å². The second-order valence-electron chi connectivity index (χ2n) is 19.5. The molecule has 3 fully saturated rings. The second kappa shape index (κ2) is 49.7. The molecule has 3 aliphatic heterocycles. The van der Waals surface area contributed by atoms with E-state index in [9.17, 15) is 39.6 Å². The number of rotatable bonds is 25. The van der Waals surface area contributed by atoms with Gasteiger partial charge >= 0.3 is 16.3 Å². The zero-order valence-electron chi connectivity index (χ0n) is 53.9. The molecular weight excluding hydrogens is 1300 g/mol. The van der Waals surface area contributed by atoms with Crippen molar-refractivity contribution in [2.24, 2.45) is 5.73 Å². The van der Waals surface area contributed by atoms with E-state index < -0.39 is 42.5 Å². The Morgan fingerprint density at radius 1 is 0.674 bits per heavy atom. The van der Waals surface area contributed by atoms with E-state index in [1.807, 2.05) is 60.7 Å². The Morgan fingerprint density at radius 3 is 1.39 bits per heavy atom. The van der Waals surface area contributed by atoms with Gasteiger partial charge in [-0.25, -0.2) is 4.79 Å². The Kier molecular flexibility index (Phi) is 46.6. The summed E-state index contributed by atoms with van der Waals surface area (Å²) in [6, 6.07) is 36.6. The number of carbonyl (C=O) groups excluding carboxylic acids is 3. The molecule has 3 amide bonds. The van der Waals surface area contributed by atoms with Gasteiger partial charge < -0.3 is 60.3 Å². The maximum atomic E-state index is 12.9. The van der Waals surface area contributed by atoms with Crippen LogP contribution < -0.4 is 45.3 Å². The third kappa shape index (κ3) is 33.8. The lowest BCUT2D eigenvalue weighted by Crippen LogP contribution is -2.52. The van der Waals surface area contributed by atoms with Gasteiger partial charge in [0.1, 0.15) is 24.8 Å². The number of benzene rings is 4. The highest BCUT2D eigenvalue weighted by atomic mass is 35.7. The largest absolute Gasteiger partial charge is 0.496 e. The lowest BCUT2D eigenvalue weighted by molar-refractivity contribution is 0.0924. The molecule has 7 rings (SSSR count). The minimum Gasteiger partial charge on any atom is -0.496 e. The van der Waals surface area contributed by atoms with E-state index in [-0.39, 0.29) is 63.5 Å². The minimum absolute atomic E-state index is 0. The van der Waals surface area contributed by atoms with Crippen LogP contribution in [0.1, 0.15) is 86.1 Å². The summed E-state index contributed by atoms with van der Waals surface area (Å²) in [7, 11) is 1.25. The van der Waals surface area contributed by atoms with Crippen molar-refractivity contribution in [1.82, 2.24) is 38.7 Å². The molecule has 0 spiro atoms. The number of amides is 3. The molecule has 0 bridgehead atoms. The highest BCUT2D eigenvalue weighted by Gasteiger charge is 2.40. The number of nitrogens with one attached hydrogen (secondary N) is 6. The molecular formula is C60H98Cl2N10O17S3. The average Bonchev–Trinajstić information content (AvgIpc) is 1.47. The molecule has 0 aliphatic carbocycles. The van der Waals surface area contributed by atoms with Crippen LogP contribution in [0.2, 0.25) is 0 Å². The van der Waals surface area contributed by atoms with Crippen LogP contribution >= 0.6 is 22.3 Å². The Hall–Kier alpha value is -5.83. The van der Waals surface area contributed by atoms with Crippen LogP contribution in [0.15, 0.2) is 109 Å². The third-order valence-corrected chi connectivity index (χ3v) is 17.1. The van der Waals surface area contributed by atoms with Crippen molar-refractivity contribution in [2.75, 3.05) is 147 Å². The molecule has 0 saturated carbocycles. The standard InChI is InChI=1S/C23H31N3O5S.C20H24N2O2.C6H12N2O5S.C3H9NO.C3H8.C2H5ClO.C2H3N.CH4ClNO3S.H2/c1-30-17-14-25-32(28,29)26-15-12-23(13-16-26,19-8-4-3-5-9-19)18-24-22(27)20-10-6-7-11-21(20)31-2;1-24-18-10-6-5-9-17(18)19(23)22-15-20(11-13-21-14-12-20)16-7-3-2-4-8-16;1-12-4-2-7-14(10,11)8-3-5-13-6(8)9;1-5-3-2-4;1-3-2;3-1-2-4;1-2-3;2-7(5,6)3-1-4;/h3-11,25H,12-18H2,1-2H3,(H,24,27);2-10,21H,11-15H2,1H3,(H,22,23);7H,2-5H2,1H3;2-4H2,1H3;3H2,1-2H3;4H,1-2H2;1H3;3-4H,1H2;1H/i;;;;;;;;1+1. The number of para-hydroxylation sites is 2. The molecule has 522 valence electrons. The van der Waals surface area contributed by atoms with Gasteiger partial charge in [0.2, 0.25) is 0 Å². The lowest BCUT2D eigenvalue weighted by Gasteiger charge is -2.41. The predicted molar refractivity (Wildman–Crippen MR) is 359 cm³/mol. The molecule has 0 radical (unpaired) electrons. The normalized spacial score (nSPS) is 14.6.